The van der Waals surface area contributed by atoms with Crippen molar-refractivity contribution in [1.29, 1.82) is 0 Å². The number of aromatic hydroxyl groups is 1. The smallest absolute Gasteiger partial charge is 0.303 e. The molecule has 0 aliphatic carbocycles. The summed E-state index contributed by atoms with van der Waals surface area (Å²) in [5.41, 5.74) is 1.58. The number of hydrogen-bond donors (Lipinski definition) is 2. The molecule has 1 aromatic carbocycles. The van der Waals surface area contributed by atoms with E-state index in [0.717, 1.165) is 17.5 Å². The number of aliphatic carboxylic acids is 1. The summed E-state index contributed by atoms with van der Waals surface area (Å²) >= 11 is 0. The second kappa shape index (κ2) is 10.0. The Balaban J connectivity index is 1.69. The van der Waals surface area contributed by atoms with Gasteiger partial charge < -0.3 is 19.7 Å². The monoisotopic (exact) mass is 383 g/mol. The maximum absolute atomic E-state index is 10.6. The van der Waals surface area contributed by atoms with Crippen molar-refractivity contribution in [3.63, 3.8) is 0 Å². The van der Waals surface area contributed by atoms with E-state index < -0.39 is 12.3 Å². The van der Waals surface area contributed by atoms with Gasteiger partial charge in [-0.05, 0) is 31.4 Å². The quantitative estimate of drug-likeness (QED) is 0.519. The van der Waals surface area contributed by atoms with Gasteiger partial charge in [0.25, 0.3) is 0 Å². The topological polar surface area (TPSA) is 88.9 Å². The van der Waals surface area contributed by atoms with E-state index in [1.165, 1.54) is 0 Å². The molecule has 1 aliphatic rings. The first-order chi connectivity index (χ1) is 13.6. The molecule has 148 valence electrons. The number of unbranched alkanes of at least 4 members (excludes halogenated alkanes) is 1. The van der Waals surface area contributed by atoms with E-state index in [2.05, 4.69) is 4.98 Å². The molecule has 0 saturated carbocycles. The number of pyridine rings is 1. The van der Waals surface area contributed by atoms with Crippen LogP contribution in [0.2, 0.25) is 0 Å². The van der Waals surface area contributed by atoms with E-state index in [1.807, 2.05) is 36.4 Å². The van der Waals surface area contributed by atoms with Crippen LogP contribution < -0.4 is 0 Å². The largest absolute Gasteiger partial charge is 0.508 e. The Morgan fingerprint density at radius 2 is 2.07 bits per heavy atom. The van der Waals surface area contributed by atoms with Crippen LogP contribution in [0.5, 0.6) is 5.75 Å². The molecule has 0 spiro atoms. The van der Waals surface area contributed by atoms with Crippen molar-refractivity contribution < 1.29 is 24.5 Å². The van der Waals surface area contributed by atoms with E-state index in [-0.39, 0.29) is 24.2 Å². The fraction of sp³-hybridized carbons (Fsp3) is 0.364. The fourth-order valence-electron chi connectivity index (χ4n) is 3.28. The van der Waals surface area contributed by atoms with Gasteiger partial charge in [0.15, 0.2) is 6.29 Å². The highest BCUT2D eigenvalue weighted by Crippen LogP contribution is 2.42. The van der Waals surface area contributed by atoms with Gasteiger partial charge in [0.05, 0.1) is 12.7 Å². The number of phenolic OH excluding ortho intramolecular Hbond substituents is 1. The van der Waals surface area contributed by atoms with Gasteiger partial charge in [-0.25, -0.2) is 0 Å². The second-order valence-electron chi connectivity index (χ2n) is 6.82. The highest BCUT2D eigenvalue weighted by atomic mass is 16.7. The van der Waals surface area contributed by atoms with Gasteiger partial charge in [0, 0.05) is 35.9 Å². The first kappa shape index (κ1) is 20.0. The molecular weight excluding hydrogens is 358 g/mol. The molecule has 0 radical (unpaired) electrons. The Hall–Kier alpha value is -2.70. The molecule has 2 aromatic rings. The summed E-state index contributed by atoms with van der Waals surface area (Å²) in [7, 11) is 0. The predicted molar refractivity (Wildman–Crippen MR) is 104 cm³/mol. The number of carboxylic acids is 1. The normalized spacial score (nSPS) is 22.4. The van der Waals surface area contributed by atoms with Crippen molar-refractivity contribution >= 4 is 5.97 Å². The lowest BCUT2D eigenvalue weighted by Gasteiger charge is -2.36. The molecule has 3 rings (SSSR count). The third-order valence-electron chi connectivity index (χ3n) is 4.73. The van der Waals surface area contributed by atoms with Crippen molar-refractivity contribution in [3.8, 4) is 5.75 Å². The van der Waals surface area contributed by atoms with E-state index in [4.69, 9.17) is 14.6 Å². The number of hydrogen-bond acceptors (Lipinski definition) is 5. The van der Waals surface area contributed by atoms with Crippen molar-refractivity contribution in [3.05, 3.63) is 72.1 Å². The molecule has 2 N–H and O–H groups in total. The fourth-order valence-corrected chi connectivity index (χ4v) is 3.28. The van der Waals surface area contributed by atoms with E-state index in [9.17, 15) is 9.90 Å². The molecule has 6 heteroatoms. The molecular formula is C22H25NO5. The van der Waals surface area contributed by atoms with E-state index in [0.29, 0.717) is 19.4 Å². The van der Waals surface area contributed by atoms with Gasteiger partial charge in [-0.15, -0.1) is 0 Å². The summed E-state index contributed by atoms with van der Waals surface area (Å²) in [6, 6.07) is 10.9. The van der Waals surface area contributed by atoms with Crippen LogP contribution in [0.1, 0.15) is 49.2 Å². The minimum Gasteiger partial charge on any atom is -0.508 e. The van der Waals surface area contributed by atoms with Crippen LogP contribution in [0.25, 0.3) is 0 Å². The van der Waals surface area contributed by atoms with E-state index in [1.54, 1.807) is 24.5 Å². The Bertz CT molecular complexity index is 793. The third-order valence-corrected chi connectivity index (χ3v) is 4.73. The molecule has 28 heavy (non-hydrogen) atoms. The number of benzene rings is 1. The first-order valence-corrected chi connectivity index (χ1v) is 9.47. The lowest BCUT2D eigenvalue weighted by Crippen LogP contribution is -2.30. The molecule has 1 fully saturated rings. The zero-order valence-corrected chi connectivity index (χ0v) is 15.6. The van der Waals surface area contributed by atoms with Crippen molar-refractivity contribution in [2.45, 2.75) is 38.1 Å². The van der Waals surface area contributed by atoms with Crippen LogP contribution >= 0.6 is 0 Å². The number of aromatic nitrogens is 1. The average Bonchev–Trinajstić information content (AvgIpc) is 2.71. The lowest BCUT2D eigenvalue weighted by molar-refractivity contribution is -0.244. The van der Waals surface area contributed by atoms with Gasteiger partial charge in [0.2, 0.25) is 0 Å². The summed E-state index contributed by atoms with van der Waals surface area (Å²) in [4.78, 5) is 14.7. The maximum atomic E-state index is 10.6. The number of carboxylic acid groups (broad SMARTS) is 1. The predicted octanol–water partition coefficient (Wildman–Crippen LogP) is 4.39. The summed E-state index contributed by atoms with van der Waals surface area (Å²) in [5, 5.41) is 19.0. The van der Waals surface area contributed by atoms with Crippen LogP contribution in [0.4, 0.5) is 0 Å². The maximum Gasteiger partial charge on any atom is 0.303 e. The zero-order chi connectivity index (χ0) is 19.8. The summed E-state index contributed by atoms with van der Waals surface area (Å²) in [6.45, 7) is 0.484. The number of carbonyl (C=O) groups is 1. The number of rotatable bonds is 8. The van der Waals surface area contributed by atoms with Crippen LogP contribution in [-0.4, -0.2) is 27.8 Å². The molecule has 0 amide bonds. The summed E-state index contributed by atoms with van der Waals surface area (Å²) < 4.78 is 12.2. The lowest BCUT2D eigenvalue weighted by atomic mass is 9.91. The Morgan fingerprint density at radius 3 is 2.82 bits per heavy atom. The minimum atomic E-state index is -0.774. The Kier molecular flexibility index (Phi) is 7.17. The standard InChI is InChI=1S/C22H25NO5/c24-19-11-6-5-10-18(19)21-17(8-3-1-2-4-12-20(25)26)15-27-22(28-21)16-9-7-13-23-14-16/h1,3,5-7,9-11,13-14,17,21-22,24H,2,4,8,12,15H2,(H,25,26)/b3-1-. The van der Waals surface area contributed by atoms with Crippen molar-refractivity contribution in [2.75, 3.05) is 6.61 Å². The van der Waals surface area contributed by atoms with Gasteiger partial charge in [-0.1, -0.05) is 36.4 Å². The van der Waals surface area contributed by atoms with E-state index >= 15 is 0 Å². The number of ether oxygens (including phenoxy) is 2. The van der Waals surface area contributed by atoms with Gasteiger partial charge in [-0.2, -0.15) is 0 Å². The molecule has 0 bridgehead atoms. The van der Waals surface area contributed by atoms with Crippen LogP contribution in [0.3, 0.4) is 0 Å². The molecule has 1 saturated heterocycles. The van der Waals surface area contributed by atoms with Crippen LogP contribution in [0, 0.1) is 5.92 Å². The highest BCUT2D eigenvalue weighted by molar-refractivity contribution is 5.66. The molecule has 2 heterocycles. The Labute approximate surface area is 164 Å². The second-order valence-corrected chi connectivity index (χ2v) is 6.82. The van der Waals surface area contributed by atoms with Gasteiger partial charge >= 0.3 is 5.97 Å². The van der Waals surface area contributed by atoms with Gasteiger partial charge in [0.1, 0.15) is 5.75 Å². The van der Waals surface area contributed by atoms with Crippen molar-refractivity contribution in [1.82, 2.24) is 4.98 Å². The summed E-state index contributed by atoms with van der Waals surface area (Å²) in [5.74, 6) is -0.532. The third kappa shape index (κ3) is 5.41. The average molecular weight is 383 g/mol. The SMILES string of the molecule is O=C(O)CCC/C=C\CC1COC(c2cccnc2)OC1c1ccccc1O. The number of allylic oxidation sites excluding steroid dienone is 2. The molecule has 3 unspecified atom stereocenters. The number of phenols is 1. The highest BCUT2D eigenvalue weighted by Gasteiger charge is 2.34. The number of para-hydroxylation sites is 1. The molecule has 3 atom stereocenters. The van der Waals surface area contributed by atoms with Gasteiger partial charge in [-0.3, -0.25) is 9.78 Å². The molecule has 1 aliphatic heterocycles. The van der Waals surface area contributed by atoms with Crippen LogP contribution in [0.15, 0.2) is 60.9 Å². The van der Waals surface area contributed by atoms with Crippen LogP contribution in [-0.2, 0) is 14.3 Å². The minimum absolute atomic E-state index is 0.0388. The summed E-state index contributed by atoms with van der Waals surface area (Å²) in [6.07, 6.45) is 8.84. The zero-order valence-electron chi connectivity index (χ0n) is 15.6. The number of nitrogens with zero attached hydrogens (tertiary/aromatic N) is 1. The molecule has 6 nitrogen and oxygen atoms in total. The van der Waals surface area contributed by atoms with Crippen molar-refractivity contribution in [2.24, 2.45) is 5.92 Å². The molecule has 1 aromatic heterocycles. The first-order valence-electron chi connectivity index (χ1n) is 9.47. The Morgan fingerprint density at radius 1 is 1.21 bits per heavy atom.